The number of imidazole rings is 3. The molecule has 3 heterocycles. The van der Waals surface area contributed by atoms with Gasteiger partial charge < -0.3 is 30.7 Å². The standard InChI is InChI=1S/C34H35N9O/c1-34(44,19-37-32-39-26-13-4-5-14-27(26)40-32)25-12-3-2-11-24(25)21-8-6-9-22(16-21)30(29-18-36-20-38-29)42-33-41-28-15-7-10-23(17-35)31(28)43-33/h4-10,13-16,18,20,24-25,30,44H,2-3,11-12,19H2,1H3,(H,36,38)(H2,37,39,40)(H2,41,42,43). The average molecular weight is 586 g/mol. The maximum Gasteiger partial charge on any atom is 0.202 e. The van der Waals surface area contributed by atoms with E-state index in [-0.39, 0.29) is 17.9 Å². The maximum atomic E-state index is 11.9. The SMILES string of the molecule is CC(O)(CNc1nc2ccccc2[nH]1)C1CCCCC1c1cccc(C(Nc2nc3c(C#N)cccc3[nH]2)c2cnc[nH]2)c1. The summed E-state index contributed by atoms with van der Waals surface area (Å²) in [7, 11) is 0. The molecular formula is C34H35N9O. The van der Waals surface area contributed by atoms with Gasteiger partial charge in [0.15, 0.2) is 0 Å². The molecule has 4 unspecified atom stereocenters. The zero-order chi connectivity index (χ0) is 30.1. The molecule has 0 bridgehead atoms. The summed E-state index contributed by atoms with van der Waals surface area (Å²) in [5, 5.41) is 28.3. The lowest BCUT2D eigenvalue weighted by Crippen LogP contribution is -2.45. The van der Waals surface area contributed by atoms with Crippen LogP contribution < -0.4 is 10.6 Å². The highest BCUT2D eigenvalue weighted by molar-refractivity contribution is 5.83. The molecule has 0 spiro atoms. The number of benzene rings is 3. The molecule has 1 saturated carbocycles. The van der Waals surface area contributed by atoms with Crippen molar-refractivity contribution in [3.8, 4) is 6.07 Å². The third-order valence-electron chi connectivity index (χ3n) is 8.98. The largest absolute Gasteiger partial charge is 0.388 e. The number of anilines is 2. The molecule has 1 aliphatic rings. The summed E-state index contributed by atoms with van der Waals surface area (Å²) in [5.41, 5.74) is 6.03. The third-order valence-corrected chi connectivity index (χ3v) is 8.98. The molecule has 0 radical (unpaired) electrons. The molecule has 222 valence electrons. The molecule has 44 heavy (non-hydrogen) atoms. The van der Waals surface area contributed by atoms with Gasteiger partial charge in [0.2, 0.25) is 11.9 Å². The summed E-state index contributed by atoms with van der Waals surface area (Å²) >= 11 is 0. The Morgan fingerprint density at radius 3 is 2.66 bits per heavy atom. The Morgan fingerprint density at radius 2 is 1.82 bits per heavy atom. The molecule has 1 fully saturated rings. The number of nitrogens with one attached hydrogen (secondary N) is 5. The summed E-state index contributed by atoms with van der Waals surface area (Å²) < 4.78 is 0. The minimum atomic E-state index is -0.951. The van der Waals surface area contributed by atoms with E-state index in [9.17, 15) is 10.4 Å². The van der Waals surface area contributed by atoms with Crippen LogP contribution in [0.4, 0.5) is 11.9 Å². The maximum absolute atomic E-state index is 11.9. The number of fused-ring (bicyclic) bond motifs is 2. The number of aromatic amines is 3. The highest BCUT2D eigenvalue weighted by atomic mass is 16.3. The molecule has 3 aromatic carbocycles. The second-order valence-electron chi connectivity index (χ2n) is 12.0. The number of rotatable bonds is 9. The van der Waals surface area contributed by atoms with Gasteiger partial charge in [0.05, 0.1) is 52.0 Å². The minimum Gasteiger partial charge on any atom is -0.388 e. The van der Waals surface area contributed by atoms with Crippen LogP contribution in [0.5, 0.6) is 0 Å². The molecule has 0 amide bonds. The zero-order valence-corrected chi connectivity index (χ0v) is 24.5. The summed E-state index contributed by atoms with van der Waals surface area (Å²) in [6.07, 6.45) is 7.66. The van der Waals surface area contributed by atoms with Gasteiger partial charge in [0.1, 0.15) is 11.6 Å². The average Bonchev–Trinajstić information content (AvgIpc) is 3.82. The molecular weight excluding hydrogens is 550 g/mol. The van der Waals surface area contributed by atoms with Gasteiger partial charge >= 0.3 is 0 Å². The predicted octanol–water partition coefficient (Wildman–Crippen LogP) is 6.37. The number of aliphatic hydroxyl groups is 1. The molecule has 3 aromatic heterocycles. The van der Waals surface area contributed by atoms with Gasteiger partial charge in [0, 0.05) is 6.54 Å². The van der Waals surface area contributed by atoms with Crippen LogP contribution in [0.3, 0.4) is 0 Å². The number of hydrogen-bond acceptors (Lipinski definition) is 7. The van der Waals surface area contributed by atoms with Crippen molar-refractivity contribution in [1.82, 2.24) is 29.9 Å². The molecule has 6 N–H and O–H groups in total. The van der Waals surface area contributed by atoms with E-state index < -0.39 is 5.60 Å². The van der Waals surface area contributed by atoms with E-state index in [1.165, 1.54) is 5.56 Å². The number of nitriles is 1. The fourth-order valence-electron chi connectivity index (χ4n) is 6.77. The Labute approximate surface area is 255 Å². The van der Waals surface area contributed by atoms with Crippen LogP contribution in [-0.4, -0.2) is 47.2 Å². The zero-order valence-electron chi connectivity index (χ0n) is 24.5. The van der Waals surface area contributed by atoms with Gasteiger partial charge in [-0.25, -0.2) is 15.0 Å². The normalized spacial score (nSPS) is 18.9. The van der Waals surface area contributed by atoms with Crippen LogP contribution in [0.1, 0.15) is 67.0 Å². The summed E-state index contributed by atoms with van der Waals surface area (Å²) in [4.78, 5) is 23.5. The van der Waals surface area contributed by atoms with Crippen molar-refractivity contribution in [2.24, 2.45) is 5.92 Å². The first-order chi connectivity index (χ1) is 21.5. The van der Waals surface area contributed by atoms with Crippen LogP contribution >= 0.6 is 0 Å². The Bertz CT molecular complexity index is 1900. The van der Waals surface area contributed by atoms with E-state index in [0.29, 0.717) is 29.5 Å². The number of para-hydroxylation sites is 3. The molecule has 0 aliphatic heterocycles. The highest BCUT2D eigenvalue weighted by Gasteiger charge is 2.40. The Morgan fingerprint density at radius 1 is 1.00 bits per heavy atom. The van der Waals surface area contributed by atoms with E-state index in [1.807, 2.05) is 49.5 Å². The molecule has 4 atom stereocenters. The van der Waals surface area contributed by atoms with Gasteiger partial charge in [-0.15, -0.1) is 0 Å². The van der Waals surface area contributed by atoms with E-state index in [1.54, 1.807) is 12.4 Å². The summed E-state index contributed by atoms with van der Waals surface area (Å²) in [6, 6.07) is 24.0. The molecule has 0 saturated heterocycles. The highest BCUT2D eigenvalue weighted by Crippen LogP contribution is 2.44. The van der Waals surface area contributed by atoms with Crippen LogP contribution in [0, 0.1) is 17.2 Å². The monoisotopic (exact) mass is 585 g/mol. The lowest BCUT2D eigenvalue weighted by molar-refractivity contribution is -0.0150. The van der Waals surface area contributed by atoms with Crippen LogP contribution in [-0.2, 0) is 0 Å². The Hall–Kier alpha value is -5.14. The van der Waals surface area contributed by atoms with Gasteiger partial charge in [-0.2, -0.15) is 5.26 Å². The van der Waals surface area contributed by atoms with Crippen LogP contribution in [0.25, 0.3) is 22.1 Å². The number of aromatic nitrogens is 6. The first-order valence-corrected chi connectivity index (χ1v) is 15.1. The van der Waals surface area contributed by atoms with Crippen molar-refractivity contribution < 1.29 is 5.11 Å². The number of nitrogens with zero attached hydrogens (tertiary/aromatic N) is 4. The molecule has 10 heteroatoms. The lowest BCUT2D eigenvalue weighted by Gasteiger charge is -2.42. The van der Waals surface area contributed by atoms with Gasteiger partial charge in [-0.1, -0.05) is 55.3 Å². The second-order valence-corrected chi connectivity index (χ2v) is 12.0. The van der Waals surface area contributed by atoms with Gasteiger partial charge in [-0.05, 0) is 67.0 Å². The third kappa shape index (κ3) is 5.38. The minimum absolute atomic E-state index is 0.0710. The van der Waals surface area contributed by atoms with Crippen molar-refractivity contribution in [2.75, 3.05) is 17.2 Å². The van der Waals surface area contributed by atoms with E-state index >= 15 is 0 Å². The number of hydrogen-bond donors (Lipinski definition) is 6. The van der Waals surface area contributed by atoms with Gasteiger partial charge in [0.25, 0.3) is 0 Å². The summed E-state index contributed by atoms with van der Waals surface area (Å²) in [5.74, 6) is 1.51. The molecule has 7 rings (SSSR count). The van der Waals surface area contributed by atoms with Crippen LogP contribution in [0.15, 0.2) is 79.3 Å². The molecule has 1 aliphatic carbocycles. The lowest BCUT2D eigenvalue weighted by atomic mass is 9.68. The molecule has 10 nitrogen and oxygen atoms in total. The topological polar surface area (TPSA) is 154 Å². The molecule has 6 aromatic rings. The second kappa shape index (κ2) is 11.5. The first-order valence-electron chi connectivity index (χ1n) is 15.1. The van der Waals surface area contributed by atoms with Crippen molar-refractivity contribution in [3.05, 3.63) is 102 Å². The van der Waals surface area contributed by atoms with E-state index in [4.69, 9.17) is 4.98 Å². The Balaban J connectivity index is 1.15. The first kappa shape index (κ1) is 27.7. The Kier molecular flexibility index (Phi) is 7.24. The van der Waals surface area contributed by atoms with Crippen molar-refractivity contribution in [3.63, 3.8) is 0 Å². The van der Waals surface area contributed by atoms with E-state index in [0.717, 1.165) is 53.5 Å². The fraction of sp³-hybridized carbons (Fsp3) is 0.294. The predicted molar refractivity (Wildman–Crippen MR) is 171 cm³/mol. The van der Waals surface area contributed by atoms with Crippen molar-refractivity contribution >= 4 is 34.0 Å². The van der Waals surface area contributed by atoms with Gasteiger partial charge in [-0.3, -0.25) is 0 Å². The van der Waals surface area contributed by atoms with E-state index in [2.05, 4.69) is 65.9 Å². The smallest absolute Gasteiger partial charge is 0.202 e. The van der Waals surface area contributed by atoms with Crippen molar-refractivity contribution in [2.45, 2.75) is 50.2 Å². The fourth-order valence-corrected chi connectivity index (χ4v) is 6.77. The quantitative estimate of drug-likeness (QED) is 0.115. The number of H-pyrrole nitrogens is 3. The summed E-state index contributed by atoms with van der Waals surface area (Å²) in [6.45, 7) is 2.34. The van der Waals surface area contributed by atoms with Crippen molar-refractivity contribution in [1.29, 1.82) is 5.26 Å². The van der Waals surface area contributed by atoms with Crippen LogP contribution in [0.2, 0.25) is 0 Å².